The first kappa shape index (κ1) is 21.8. The van der Waals surface area contributed by atoms with Gasteiger partial charge >= 0.3 is 6.18 Å². The van der Waals surface area contributed by atoms with Gasteiger partial charge in [0.15, 0.2) is 5.78 Å². The number of rotatable bonds is 6. The van der Waals surface area contributed by atoms with Gasteiger partial charge in [0.2, 0.25) is 5.91 Å². The Morgan fingerprint density at radius 3 is 2.27 bits per heavy atom. The minimum absolute atomic E-state index is 0.0304. The molecule has 0 atom stereocenters. The third kappa shape index (κ3) is 5.82. The first-order valence-corrected chi connectivity index (χ1v) is 9.78. The first-order chi connectivity index (χ1) is 14.2. The lowest BCUT2D eigenvalue weighted by Crippen LogP contribution is -2.47. The summed E-state index contributed by atoms with van der Waals surface area (Å²) in [6, 6.07) is 12.1. The van der Waals surface area contributed by atoms with E-state index in [0.717, 1.165) is 6.07 Å². The standard InChI is InChI=1S/C22H24F3N3O2/c1-16(29)17-5-7-19(8-6-17)26-21(30)9-10-27-11-13-28(14-12-27)20-4-2-3-18(15-20)22(23,24)25/h2-8,15H,9-14H2,1H3,(H,26,30). The van der Waals surface area contributed by atoms with Crippen molar-refractivity contribution in [2.45, 2.75) is 19.5 Å². The molecule has 0 radical (unpaired) electrons. The van der Waals surface area contributed by atoms with Crippen molar-refractivity contribution in [2.24, 2.45) is 0 Å². The summed E-state index contributed by atoms with van der Waals surface area (Å²) >= 11 is 0. The van der Waals surface area contributed by atoms with E-state index in [1.54, 1.807) is 30.3 Å². The van der Waals surface area contributed by atoms with Crippen molar-refractivity contribution in [1.29, 1.82) is 0 Å². The summed E-state index contributed by atoms with van der Waals surface area (Å²) in [5, 5.41) is 2.81. The van der Waals surface area contributed by atoms with Crippen molar-refractivity contribution >= 4 is 23.1 Å². The van der Waals surface area contributed by atoms with Crippen LogP contribution < -0.4 is 10.2 Å². The van der Waals surface area contributed by atoms with Gasteiger partial charge in [0.05, 0.1) is 5.56 Å². The van der Waals surface area contributed by atoms with Gasteiger partial charge in [-0.3, -0.25) is 14.5 Å². The molecule has 1 heterocycles. The lowest BCUT2D eigenvalue weighted by atomic mass is 10.1. The molecular formula is C22H24F3N3O2. The fraction of sp³-hybridized carbons (Fsp3) is 0.364. The van der Waals surface area contributed by atoms with Crippen LogP contribution in [0.4, 0.5) is 24.5 Å². The molecule has 0 bridgehead atoms. The van der Waals surface area contributed by atoms with Gasteiger partial charge in [-0.15, -0.1) is 0 Å². The van der Waals surface area contributed by atoms with E-state index in [0.29, 0.717) is 56.1 Å². The normalized spacial score (nSPS) is 15.1. The van der Waals surface area contributed by atoms with Crippen LogP contribution in [0, 0.1) is 0 Å². The number of halogens is 3. The molecule has 1 amide bonds. The summed E-state index contributed by atoms with van der Waals surface area (Å²) in [5.41, 5.74) is 1.15. The number of anilines is 2. The molecule has 8 heteroatoms. The van der Waals surface area contributed by atoms with Gasteiger partial charge in [-0.1, -0.05) is 6.07 Å². The van der Waals surface area contributed by atoms with Crippen LogP contribution in [0.3, 0.4) is 0 Å². The van der Waals surface area contributed by atoms with Gasteiger partial charge in [-0.25, -0.2) is 0 Å². The van der Waals surface area contributed by atoms with Crippen LogP contribution >= 0.6 is 0 Å². The molecule has 5 nitrogen and oxygen atoms in total. The number of hydrogen-bond donors (Lipinski definition) is 1. The summed E-state index contributed by atoms with van der Waals surface area (Å²) in [4.78, 5) is 27.5. The number of Topliss-reactive ketones (excluding diaryl/α,β-unsaturated/α-hetero) is 1. The van der Waals surface area contributed by atoms with Crippen molar-refractivity contribution < 1.29 is 22.8 Å². The van der Waals surface area contributed by atoms with Crippen LogP contribution in [0.15, 0.2) is 48.5 Å². The molecule has 1 saturated heterocycles. The maximum absolute atomic E-state index is 12.9. The van der Waals surface area contributed by atoms with Crippen LogP contribution in [0.1, 0.15) is 29.3 Å². The number of benzene rings is 2. The van der Waals surface area contributed by atoms with E-state index >= 15 is 0 Å². The van der Waals surface area contributed by atoms with Crippen LogP contribution in [-0.4, -0.2) is 49.3 Å². The maximum Gasteiger partial charge on any atom is 0.416 e. The number of piperazine rings is 1. The van der Waals surface area contributed by atoms with Gasteiger partial charge in [0.25, 0.3) is 0 Å². The second kappa shape index (κ2) is 9.30. The lowest BCUT2D eigenvalue weighted by molar-refractivity contribution is -0.137. The Balaban J connectivity index is 1.45. The highest BCUT2D eigenvalue weighted by molar-refractivity contribution is 5.95. The van der Waals surface area contributed by atoms with Gasteiger partial charge in [0, 0.05) is 56.1 Å². The zero-order valence-electron chi connectivity index (χ0n) is 16.7. The topological polar surface area (TPSA) is 52.7 Å². The van der Waals surface area contributed by atoms with Crippen molar-refractivity contribution in [3.05, 3.63) is 59.7 Å². The Bertz CT molecular complexity index is 889. The average Bonchev–Trinajstić information content (AvgIpc) is 2.72. The second-order valence-electron chi connectivity index (χ2n) is 7.31. The monoisotopic (exact) mass is 419 g/mol. The Labute approximate surface area is 173 Å². The van der Waals surface area contributed by atoms with Crippen LogP contribution in [0.2, 0.25) is 0 Å². The number of nitrogens with zero attached hydrogens (tertiary/aromatic N) is 2. The molecule has 0 aromatic heterocycles. The van der Waals surface area contributed by atoms with E-state index in [-0.39, 0.29) is 11.7 Å². The number of nitrogens with one attached hydrogen (secondary N) is 1. The van der Waals surface area contributed by atoms with E-state index in [1.165, 1.54) is 19.1 Å². The molecule has 1 N–H and O–H groups in total. The summed E-state index contributed by atoms with van der Waals surface area (Å²) in [6.07, 6.45) is -4.03. The van der Waals surface area contributed by atoms with Crippen molar-refractivity contribution in [2.75, 3.05) is 42.9 Å². The number of hydrogen-bond acceptors (Lipinski definition) is 4. The number of carbonyl (C=O) groups excluding carboxylic acids is 2. The number of carbonyl (C=O) groups is 2. The molecular weight excluding hydrogens is 395 g/mol. The number of amides is 1. The third-order valence-corrected chi connectivity index (χ3v) is 5.14. The molecule has 0 saturated carbocycles. The van der Waals surface area contributed by atoms with E-state index in [2.05, 4.69) is 10.2 Å². The molecule has 160 valence electrons. The SMILES string of the molecule is CC(=O)c1ccc(NC(=O)CCN2CCN(c3cccc(C(F)(F)F)c3)CC2)cc1. The van der Waals surface area contributed by atoms with Crippen molar-refractivity contribution in [3.8, 4) is 0 Å². The van der Waals surface area contributed by atoms with E-state index in [1.807, 2.05) is 4.90 Å². The molecule has 30 heavy (non-hydrogen) atoms. The molecule has 1 aliphatic rings. The number of alkyl halides is 3. The Morgan fingerprint density at radius 2 is 1.67 bits per heavy atom. The second-order valence-corrected chi connectivity index (χ2v) is 7.31. The lowest BCUT2D eigenvalue weighted by Gasteiger charge is -2.36. The van der Waals surface area contributed by atoms with E-state index in [4.69, 9.17) is 0 Å². The van der Waals surface area contributed by atoms with E-state index in [9.17, 15) is 22.8 Å². The zero-order chi connectivity index (χ0) is 21.7. The summed E-state index contributed by atoms with van der Waals surface area (Å²) in [7, 11) is 0. The Morgan fingerprint density at radius 1 is 1.00 bits per heavy atom. The van der Waals surface area contributed by atoms with Crippen LogP contribution in [0.25, 0.3) is 0 Å². The molecule has 3 rings (SSSR count). The highest BCUT2D eigenvalue weighted by Gasteiger charge is 2.31. The molecule has 0 aliphatic carbocycles. The van der Waals surface area contributed by atoms with Gasteiger partial charge in [-0.2, -0.15) is 13.2 Å². The highest BCUT2D eigenvalue weighted by atomic mass is 19.4. The zero-order valence-corrected chi connectivity index (χ0v) is 16.7. The first-order valence-electron chi connectivity index (χ1n) is 9.78. The fourth-order valence-electron chi connectivity index (χ4n) is 3.38. The van der Waals surface area contributed by atoms with Gasteiger partial charge in [0.1, 0.15) is 0 Å². The average molecular weight is 419 g/mol. The van der Waals surface area contributed by atoms with E-state index < -0.39 is 11.7 Å². The molecule has 0 unspecified atom stereocenters. The largest absolute Gasteiger partial charge is 0.416 e. The van der Waals surface area contributed by atoms with Crippen LogP contribution in [0.5, 0.6) is 0 Å². The summed E-state index contributed by atoms with van der Waals surface area (Å²) < 4.78 is 38.7. The fourth-order valence-corrected chi connectivity index (χ4v) is 3.38. The summed E-state index contributed by atoms with van der Waals surface area (Å²) in [5.74, 6) is -0.150. The quantitative estimate of drug-likeness (QED) is 0.718. The molecule has 1 fully saturated rings. The predicted molar refractivity (Wildman–Crippen MR) is 110 cm³/mol. The molecule has 2 aromatic carbocycles. The van der Waals surface area contributed by atoms with Crippen LogP contribution in [-0.2, 0) is 11.0 Å². The minimum atomic E-state index is -4.35. The smallest absolute Gasteiger partial charge is 0.369 e. The number of ketones is 1. The van der Waals surface area contributed by atoms with Gasteiger partial charge in [-0.05, 0) is 49.4 Å². The highest BCUT2D eigenvalue weighted by Crippen LogP contribution is 2.31. The van der Waals surface area contributed by atoms with Crippen molar-refractivity contribution in [1.82, 2.24) is 4.90 Å². The third-order valence-electron chi connectivity index (χ3n) is 5.14. The minimum Gasteiger partial charge on any atom is -0.369 e. The predicted octanol–water partition coefficient (Wildman–Crippen LogP) is 4.06. The maximum atomic E-state index is 12.9. The summed E-state index contributed by atoms with van der Waals surface area (Å²) in [6.45, 7) is 4.63. The molecule has 1 aliphatic heterocycles. The van der Waals surface area contributed by atoms with Crippen molar-refractivity contribution in [3.63, 3.8) is 0 Å². The van der Waals surface area contributed by atoms with Gasteiger partial charge < -0.3 is 10.2 Å². The Kier molecular flexibility index (Phi) is 6.77. The molecule has 2 aromatic rings. The molecule has 0 spiro atoms. The Hall–Kier alpha value is -2.87.